The van der Waals surface area contributed by atoms with Crippen LogP contribution >= 0.6 is 0 Å². The van der Waals surface area contributed by atoms with E-state index >= 15 is 0 Å². The van der Waals surface area contributed by atoms with E-state index in [9.17, 15) is 14.4 Å². The lowest BCUT2D eigenvalue weighted by atomic mass is 9.91. The van der Waals surface area contributed by atoms with Crippen molar-refractivity contribution in [2.24, 2.45) is 11.7 Å². The molecule has 1 saturated heterocycles. The molecule has 1 aliphatic rings. The number of likely N-dealkylation sites (tertiary alicyclic amines) is 1. The van der Waals surface area contributed by atoms with E-state index in [1.807, 2.05) is 60.7 Å². The van der Waals surface area contributed by atoms with E-state index in [0.29, 0.717) is 19.4 Å². The number of nitrogens with two attached hydrogens (primary N) is 1. The van der Waals surface area contributed by atoms with Crippen molar-refractivity contribution in [3.8, 4) is 0 Å². The summed E-state index contributed by atoms with van der Waals surface area (Å²) in [5, 5.41) is 0. The number of carbonyl (C=O) groups is 3. The fraction of sp³-hybridized carbons (Fsp3) is 0.318. The number of piperidine rings is 1. The van der Waals surface area contributed by atoms with Gasteiger partial charge in [0.25, 0.3) is 5.91 Å². The number of ether oxygens (including phenoxy) is 1. The van der Waals surface area contributed by atoms with Gasteiger partial charge in [-0.25, -0.2) is 0 Å². The Bertz CT molecular complexity index is 783. The second-order valence-electron chi connectivity index (χ2n) is 6.94. The highest BCUT2D eigenvalue weighted by Crippen LogP contribution is 2.26. The summed E-state index contributed by atoms with van der Waals surface area (Å²) in [7, 11) is 0. The Morgan fingerprint density at radius 1 is 1.00 bits per heavy atom. The molecule has 0 spiro atoms. The Morgan fingerprint density at radius 2 is 1.57 bits per heavy atom. The Balaban J connectivity index is 1.67. The molecule has 0 radical (unpaired) electrons. The molecule has 1 fully saturated rings. The number of hydrogen-bond donors (Lipinski definition) is 1. The molecular weight excluding hydrogens is 356 g/mol. The molecule has 1 heterocycles. The number of amides is 2. The third kappa shape index (κ3) is 4.76. The molecule has 3 rings (SSSR count). The van der Waals surface area contributed by atoms with Crippen molar-refractivity contribution in [3.05, 3.63) is 71.8 Å². The number of hydrogen-bond acceptors (Lipinski definition) is 4. The first-order chi connectivity index (χ1) is 13.6. The number of rotatable bonds is 6. The van der Waals surface area contributed by atoms with E-state index in [1.54, 1.807) is 4.90 Å². The average molecular weight is 380 g/mol. The zero-order chi connectivity index (χ0) is 19.9. The first-order valence-electron chi connectivity index (χ1n) is 9.40. The smallest absolute Gasteiger partial charge is 0.318 e. The molecule has 2 amide bonds. The SMILES string of the molecule is NC(=O)[C@@H]1CCCN(C(=O)COC(=O)C(c2ccccc2)c2ccccc2)C1. The molecule has 1 atom stereocenters. The molecule has 146 valence electrons. The summed E-state index contributed by atoms with van der Waals surface area (Å²) in [4.78, 5) is 38.2. The molecule has 1 aliphatic heterocycles. The van der Waals surface area contributed by atoms with Gasteiger partial charge >= 0.3 is 5.97 Å². The second-order valence-corrected chi connectivity index (χ2v) is 6.94. The summed E-state index contributed by atoms with van der Waals surface area (Å²) in [6.07, 6.45) is 1.40. The van der Waals surface area contributed by atoms with Crippen molar-refractivity contribution in [2.75, 3.05) is 19.7 Å². The zero-order valence-corrected chi connectivity index (χ0v) is 15.6. The third-order valence-corrected chi connectivity index (χ3v) is 5.02. The third-order valence-electron chi connectivity index (χ3n) is 5.02. The van der Waals surface area contributed by atoms with Crippen LogP contribution in [0, 0.1) is 5.92 Å². The maximum atomic E-state index is 12.8. The van der Waals surface area contributed by atoms with Crippen molar-refractivity contribution in [3.63, 3.8) is 0 Å². The maximum Gasteiger partial charge on any atom is 0.318 e. The lowest BCUT2D eigenvalue weighted by molar-refractivity contribution is -0.153. The first-order valence-corrected chi connectivity index (χ1v) is 9.40. The van der Waals surface area contributed by atoms with Crippen LogP contribution < -0.4 is 5.73 Å². The van der Waals surface area contributed by atoms with E-state index in [2.05, 4.69) is 0 Å². The van der Waals surface area contributed by atoms with Crippen molar-refractivity contribution >= 4 is 17.8 Å². The molecule has 28 heavy (non-hydrogen) atoms. The second kappa shape index (κ2) is 9.17. The number of nitrogens with zero attached hydrogens (tertiary/aromatic N) is 1. The maximum absolute atomic E-state index is 12.8. The highest BCUT2D eigenvalue weighted by atomic mass is 16.5. The Labute approximate surface area is 164 Å². The molecule has 2 aromatic rings. The normalized spacial score (nSPS) is 16.6. The summed E-state index contributed by atoms with van der Waals surface area (Å²) in [6, 6.07) is 18.7. The van der Waals surface area contributed by atoms with Crippen LogP contribution in [0.1, 0.15) is 29.9 Å². The highest BCUT2D eigenvalue weighted by Gasteiger charge is 2.29. The lowest BCUT2D eigenvalue weighted by Crippen LogP contribution is -2.45. The van der Waals surface area contributed by atoms with Crippen LogP contribution in [-0.4, -0.2) is 42.4 Å². The summed E-state index contributed by atoms with van der Waals surface area (Å²) in [5.41, 5.74) is 6.97. The van der Waals surface area contributed by atoms with E-state index in [1.165, 1.54) is 0 Å². The first kappa shape index (κ1) is 19.6. The van der Waals surface area contributed by atoms with Gasteiger partial charge in [-0.05, 0) is 24.0 Å². The molecule has 0 saturated carbocycles. The van der Waals surface area contributed by atoms with Gasteiger partial charge in [0.1, 0.15) is 5.92 Å². The van der Waals surface area contributed by atoms with Crippen LogP contribution in [0.5, 0.6) is 0 Å². The summed E-state index contributed by atoms with van der Waals surface area (Å²) in [5.74, 6) is -2.12. The van der Waals surface area contributed by atoms with E-state index in [0.717, 1.165) is 11.1 Å². The van der Waals surface area contributed by atoms with Gasteiger partial charge in [0.2, 0.25) is 5.91 Å². The highest BCUT2D eigenvalue weighted by molar-refractivity contribution is 5.86. The van der Waals surface area contributed by atoms with E-state index in [4.69, 9.17) is 10.5 Å². The minimum Gasteiger partial charge on any atom is -0.455 e. The van der Waals surface area contributed by atoms with Crippen molar-refractivity contribution in [1.29, 1.82) is 0 Å². The predicted molar refractivity (Wildman–Crippen MR) is 104 cm³/mol. The van der Waals surface area contributed by atoms with Gasteiger partial charge in [-0.2, -0.15) is 0 Å². The monoisotopic (exact) mass is 380 g/mol. The molecule has 0 aliphatic carbocycles. The van der Waals surface area contributed by atoms with Crippen LogP contribution in [0.3, 0.4) is 0 Å². The fourth-order valence-corrected chi connectivity index (χ4v) is 3.50. The Morgan fingerprint density at radius 3 is 2.11 bits per heavy atom. The van der Waals surface area contributed by atoms with E-state index in [-0.39, 0.29) is 25.0 Å². The van der Waals surface area contributed by atoms with Crippen molar-refractivity contribution < 1.29 is 19.1 Å². The molecule has 2 N–H and O–H groups in total. The van der Waals surface area contributed by atoms with Gasteiger partial charge in [0.05, 0.1) is 5.92 Å². The molecule has 0 aromatic heterocycles. The standard InChI is InChI=1S/C22H24N2O4/c23-21(26)18-12-7-13-24(14-18)19(25)15-28-22(27)20(16-8-3-1-4-9-16)17-10-5-2-6-11-17/h1-6,8-11,18,20H,7,12-15H2,(H2,23,26)/t18-/m1/s1. The Kier molecular flexibility index (Phi) is 6.42. The van der Waals surface area contributed by atoms with Gasteiger partial charge in [-0.15, -0.1) is 0 Å². The van der Waals surface area contributed by atoms with Crippen LogP contribution in [0.4, 0.5) is 0 Å². The molecule has 2 aromatic carbocycles. The van der Waals surface area contributed by atoms with Gasteiger partial charge < -0.3 is 15.4 Å². The van der Waals surface area contributed by atoms with Gasteiger partial charge in [-0.3, -0.25) is 14.4 Å². The number of primary amides is 1. The lowest BCUT2D eigenvalue weighted by Gasteiger charge is -2.31. The average Bonchev–Trinajstić information content (AvgIpc) is 2.74. The summed E-state index contributed by atoms with van der Waals surface area (Å²) in [6.45, 7) is 0.480. The fourth-order valence-electron chi connectivity index (χ4n) is 3.50. The van der Waals surface area contributed by atoms with Crippen LogP contribution in [0.2, 0.25) is 0 Å². The van der Waals surface area contributed by atoms with Crippen LogP contribution in [0.15, 0.2) is 60.7 Å². The molecule has 6 nitrogen and oxygen atoms in total. The van der Waals surface area contributed by atoms with Gasteiger partial charge in [0.15, 0.2) is 6.61 Å². The minimum atomic E-state index is -0.602. The van der Waals surface area contributed by atoms with Crippen molar-refractivity contribution in [2.45, 2.75) is 18.8 Å². The predicted octanol–water partition coefficient (Wildman–Crippen LogP) is 2.09. The molecular formula is C22H24N2O4. The van der Waals surface area contributed by atoms with Crippen LogP contribution in [-0.2, 0) is 19.1 Å². The largest absolute Gasteiger partial charge is 0.455 e. The Hall–Kier alpha value is -3.15. The topological polar surface area (TPSA) is 89.7 Å². The zero-order valence-electron chi connectivity index (χ0n) is 15.6. The quantitative estimate of drug-likeness (QED) is 0.777. The van der Waals surface area contributed by atoms with Crippen molar-refractivity contribution in [1.82, 2.24) is 4.90 Å². The van der Waals surface area contributed by atoms with Gasteiger partial charge in [0, 0.05) is 13.1 Å². The van der Waals surface area contributed by atoms with Gasteiger partial charge in [-0.1, -0.05) is 60.7 Å². The van der Waals surface area contributed by atoms with Crippen LogP contribution in [0.25, 0.3) is 0 Å². The minimum absolute atomic E-state index is 0.284. The molecule has 0 unspecified atom stereocenters. The number of benzene rings is 2. The molecule has 0 bridgehead atoms. The summed E-state index contributed by atoms with van der Waals surface area (Å²) < 4.78 is 5.38. The number of carbonyl (C=O) groups excluding carboxylic acids is 3. The van der Waals surface area contributed by atoms with E-state index < -0.39 is 17.8 Å². The number of esters is 1. The summed E-state index contributed by atoms with van der Waals surface area (Å²) >= 11 is 0. The molecule has 6 heteroatoms.